The molecular formula is C20H19N5O6S3. The molecule has 2 unspecified atom stereocenters. The highest BCUT2D eigenvalue weighted by Crippen LogP contribution is 2.42. The highest BCUT2D eigenvalue weighted by molar-refractivity contribution is 8.01. The van der Waals surface area contributed by atoms with Crippen LogP contribution in [0.4, 0.5) is 0 Å². The Labute approximate surface area is 206 Å². The molecule has 0 radical (unpaired) electrons. The Morgan fingerprint density at radius 2 is 2.15 bits per heavy atom. The summed E-state index contributed by atoms with van der Waals surface area (Å²) in [6.45, 7) is 1.95. The third-order valence-corrected chi connectivity index (χ3v) is 8.86. The molecule has 4 N–H and O–H groups in total. The van der Waals surface area contributed by atoms with Gasteiger partial charge in [-0.2, -0.15) is 0 Å². The van der Waals surface area contributed by atoms with Crippen molar-refractivity contribution in [2.75, 3.05) is 18.3 Å². The molecular weight excluding hydrogens is 502 g/mol. The Bertz CT molecular complexity index is 1220. The van der Waals surface area contributed by atoms with Gasteiger partial charge in [-0.25, -0.2) is 4.79 Å². The largest absolute Gasteiger partial charge is 0.477 e. The van der Waals surface area contributed by atoms with Crippen LogP contribution in [0.15, 0.2) is 33.8 Å². The molecule has 34 heavy (non-hydrogen) atoms. The monoisotopic (exact) mass is 521 g/mol. The molecule has 178 valence electrons. The maximum absolute atomic E-state index is 12.9. The van der Waals surface area contributed by atoms with Gasteiger partial charge in [0.1, 0.15) is 28.2 Å². The lowest BCUT2D eigenvalue weighted by Gasteiger charge is -2.49. The molecule has 0 bridgehead atoms. The second-order valence-corrected chi connectivity index (χ2v) is 11.1. The molecule has 3 aliphatic heterocycles. The lowest BCUT2D eigenvalue weighted by atomic mass is 10.0. The Hall–Kier alpha value is -2.81. The van der Waals surface area contributed by atoms with Crippen LogP contribution in [-0.4, -0.2) is 67.7 Å². The molecule has 3 aliphatic rings. The van der Waals surface area contributed by atoms with Crippen LogP contribution in [-0.2, 0) is 14.4 Å². The summed E-state index contributed by atoms with van der Waals surface area (Å²) in [6, 6.07) is 3.08. The van der Waals surface area contributed by atoms with E-state index in [1.54, 1.807) is 18.2 Å². The quantitative estimate of drug-likeness (QED) is 0.354. The van der Waals surface area contributed by atoms with E-state index in [4.69, 9.17) is 15.2 Å². The number of amides is 2. The lowest BCUT2D eigenvalue weighted by Crippen LogP contribution is -2.71. The standard InChI is InChI=1S/C20H19N5O6S3/c1-8-23-24-20(34-8)33-6-10-5-32-18-14(17(27)25(18)15(10)19(28)29)22-16(26)13(21)9-2-3-11-12(4-9)31-7-30-11/h2-4,13-14,18H,5-7,21H2,1H3,(H,22,26)(H,28,29)/t13-,14?,18?/m0/s1. The van der Waals surface area contributed by atoms with Gasteiger partial charge in [0.05, 0.1) is 0 Å². The topological polar surface area (TPSA) is 157 Å². The summed E-state index contributed by atoms with van der Waals surface area (Å²) in [7, 11) is 0. The summed E-state index contributed by atoms with van der Waals surface area (Å²) < 4.78 is 11.3. The molecule has 0 aliphatic carbocycles. The molecule has 4 heterocycles. The van der Waals surface area contributed by atoms with Gasteiger partial charge in [-0.1, -0.05) is 29.2 Å². The number of fused-ring (bicyclic) bond motifs is 2. The minimum Gasteiger partial charge on any atom is -0.477 e. The van der Waals surface area contributed by atoms with Gasteiger partial charge < -0.3 is 25.6 Å². The number of ether oxygens (including phenoxy) is 2. The van der Waals surface area contributed by atoms with Gasteiger partial charge in [0.2, 0.25) is 12.7 Å². The minimum atomic E-state index is -1.18. The number of carbonyl (C=O) groups is 3. The van der Waals surface area contributed by atoms with Crippen LogP contribution >= 0.6 is 34.9 Å². The summed E-state index contributed by atoms with van der Waals surface area (Å²) >= 11 is 4.22. The first-order valence-corrected chi connectivity index (χ1v) is 13.0. The van der Waals surface area contributed by atoms with E-state index < -0.39 is 35.2 Å². The number of carboxylic acids is 1. The predicted molar refractivity (Wildman–Crippen MR) is 125 cm³/mol. The number of carboxylic acid groups (broad SMARTS) is 1. The van der Waals surface area contributed by atoms with Crippen LogP contribution in [0.25, 0.3) is 0 Å². The lowest BCUT2D eigenvalue weighted by molar-refractivity contribution is -0.150. The number of hydrogen-bond acceptors (Lipinski definition) is 11. The molecule has 1 fully saturated rings. The van der Waals surface area contributed by atoms with E-state index in [9.17, 15) is 19.5 Å². The van der Waals surface area contributed by atoms with Crippen molar-refractivity contribution in [2.45, 2.75) is 28.7 Å². The van der Waals surface area contributed by atoms with Crippen molar-refractivity contribution in [1.82, 2.24) is 20.4 Å². The summed E-state index contributed by atoms with van der Waals surface area (Å²) in [5.41, 5.74) is 7.22. The fraction of sp³-hybridized carbons (Fsp3) is 0.350. The van der Waals surface area contributed by atoms with Gasteiger partial charge in [0.15, 0.2) is 15.8 Å². The second kappa shape index (κ2) is 9.09. The number of aromatic nitrogens is 2. The van der Waals surface area contributed by atoms with Crippen LogP contribution in [0.2, 0.25) is 0 Å². The van der Waals surface area contributed by atoms with Crippen LogP contribution in [0, 0.1) is 6.92 Å². The van der Waals surface area contributed by atoms with Gasteiger partial charge in [-0.05, 0) is 30.2 Å². The smallest absolute Gasteiger partial charge is 0.352 e. The fourth-order valence-corrected chi connectivity index (χ4v) is 7.08. The number of nitrogens with two attached hydrogens (primary N) is 1. The van der Waals surface area contributed by atoms with Crippen LogP contribution in [0.3, 0.4) is 0 Å². The minimum absolute atomic E-state index is 0.0342. The summed E-state index contributed by atoms with van der Waals surface area (Å²) in [5, 5.41) is 20.8. The first-order chi connectivity index (χ1) is 16.3. The number of aryl methyl sites for hydroxylation is 1. The predicted octanol–water partition coefficient (Wildman–Crippen LogP) is 1.11. The van der Waals surface area contributed by atoms with Crippen molar-refractivity contribution in [3.8, 4) is 11.5 Å². The van der Waals surface area contributed by atoms with Crippen LogP contribution in [0.5, 0.6) is 11.5 Å². The average molecular weight is 522 g/mol. The normalized spacial score (nSPS) is 21.7. The van der Waals surface area contributed by atoms with E-state index in [0.29, 0.717) is 34.1 Å². The third-order valence-electron chi connectivity index (χ3n) is 5.46. The summed E-state index contributed by atoms with van der Waals surface area (Å²) in [6.07, 6.45) is 0. The Balaban J connectivity index is 1.27. The molecule has 3 atom stereocenters. The van der Waals surface area contributed by atoms with E-state index in [1.165, 1.54) is 39.8 Å². The zero-order valence-electron chi connectivity index (χ0n) is 17.7. The van der Waals surface area contributed by atoms with E-state index in [2.05, 4.69) is 15.5 Å². The van der Waals surface area contributed by atoms with E-state index >= 15 is 0 Å². The SMILES string of the molecule is Cc1nnc(SCC2=C(C(=O)O)N3C(=O)C(NC(=O)[C@@H](N)c4ccc5c(c4)OCO5)C3SC2)s1. The number of benzene rings is 1. The molecule has 0 saturated carbocycles. The van der Waals surface area contributed by atoms with E-state index in [-0.39, 0.29) is 12.5 Å². The van der Waals surface area contributed by atoms with Gasteiger partial charge >= 0.3 is 5.97 Å². The number of hydrogen-bond donors (Lipinski definition) is 3. The van der Waals surface area contributed by atoms with Crippen LogP contribution < -0.4 is 20.5 Å². The number of carbonyl (C=O) groups excluding carboxylic acids is 2. The van der Waals surface area contributed by atoms with Gasteiger partial charge in [-0.3, -0.25) is 14.5 Å². The van der Waals surface area contributed by atoms with Crippen molar-refractivity contribution >= 4 is 52.6 Å². The molecule has 14 heteroatoms. The molecule has 11 nitrogen and oxygen atoms in total. The van der Waals surface area contributed by atoms with Gasteiger partial charge in [-0.15, -0.1) is 22.0 Å². The number of nitrogens with zero attached hydrogens (tertiary/aromatic N) is 3. The molecule has 1 aromatic heterocycles. The molecule has 0 spiro atoms. The van der Waals surface area contributed by atoms with Crippen molar-refractivity contribution in [2.24, 2.45) is 5.73 Å². The van der Waals surface area contributed by atoms with Crippen LogP contribution in [0.1, 0.15) is 16.6 Å². The fourth-order valence-electron chi connectivity index (χ4n) is 3.78. The molecule has 5 rings (SSSR count). The zero-order valence-corrected chi connectivity index (χ0v) is 20.2. The maximum Gasteiger partial charge on any atom is 0.352 e. The van der Waals surface area contributed by atoms with Crippen molar-refractivity contribution in [3.05, 3.63) is 40.0 Å². The number of aliphatic carboxylic acids is 1. The van der Waals surface area contributed by atoms with Gasteiger partial charge in [0.25, 0.3) is 5.91 Å². The molecule has 1 aromatic carbocycles. The molecule has 2 aromatic rings. The highest BCUT2D eigenvalue weighted by Gasteiger charge is 2.54. The zero-order chi connectivity index (χ0) is 24.0. The highest BCUT2D eigenvalue weighted by atomic mass is 32.2. The Morgan fingerprint density at radius 1 is 1.35 bits per heavy atom. The Kier molecular flexibility index (Phi) is 6.14. The summed E-state index contributed by atoms with van der Waals surface area (Å²) in [5.74, 6) is -0.318. The van der Waals surface area contributed by atoms with Crippen molar-refractivity contribution < 1.29 is 29.0 Å². The second-order valence-electron chi connectivity index (χ2n) is 7.62. The van der Waals surface area contributed by atoms with Crippen molar-refractivity contribution in [1.29, 1.82) is 0 Å². The Morgan fingerprint density at radius 3 is 2.88 bits per heavy atom. The maximum atomic E-state index is 12.9. The van der Waals surface area contributed by atoms with E-state index in [1.807, 2.05) is 6.92 Å². The third kappa shape index (κ3) is 4.10. The first kappa shape index (κ1) is 23.0. The first-order valence-electron chi connectivity index (χ1n) is 10.1. The number of thioether (sulfide) groups is 2. The molecule has 2 amide bonds. The van der Waals surface area contributed by atoms with Gasteiger partial charge in [0, 0.05) is 11.5 Å². The summed E-state index contributed by atoms with van der Waals surface area (Å²) in [4.78, 5) is 38.9. The van der Waals surface area contributed by atoms with Crippen molar-refractivity contribution in [3.63, 3.8) is 0 Å². The average Bonchev–Trinajstić information content (AvgIpc) is 3.47. The number of nitrogens with one attached hydrogen (secondary N) is 1. The number of rotatable bonds is 7. The molecule has 1 saturated heterocycles. The van der Waals surface area contributed by atoms with E-state index in [0.717, 1.165) is 9.35 Å². The number of β-lactam (4-membered cyclic amide) rings is 1.